The third-order valence-electron chi connectivity index (χ3n) is 3.36. The van der Waals surface area contributed by atoms with Gasteiger partial charge < -0.3 is 9.47 Å². The van der Waals surface area contributed by atoms with Crippen molar-refractivity contribution in [2.45, 2.75) is 27.2 Å². The first kappa shape index (κ1) is 16.1. The quantitative estimate of drug-likeness (QED) is 0.589. The van der Waals surface area contributed by atoms with Gasteiger partial charge in [0.05, 0.1) is 6.61 Å². The molecule has 0 amide bonds. The molecule has 2 aromatic rings. The molecule has 0 spiro atoms. The van der Waals surface area contributed by atoms with Gasteiger partial charge in [-0.15, -0.1) is 0 Å². The Hall–Kier alpha value is -2.29. The molecule has 0 aliphatic rings. The van der Waals surface area contributed by atoms with Gasteiger partial charge in [0, 0.05) is 5.56 Å². The van der Waals surface area contributed by atoms with Crippen molar-refractivity contribution in [3.8, 4) is 5.75 Å². The second kappa shape index (κ2) is 7.64. The molecule has 0 radical (unpaired) electrons. The van der Waals surface area contributed by atoms with E-state index in [0.717, 1.165) is 23.1 Å². The predicted molar refractivity (Wildman–Crippen MR) is 89.2 cm³/mol. The maximum atomic E-state index is 11.5. The highest BCUT2D eigenvalue weighted by Gasteiger charge is 2.10. The molecule has 0 atom stereocenters. The van der Waals surface area contributed by atoms with Gasteiger partial charge >= 0.3 is 5.97 Å². The SMILES string of the molecule is CCOC(=O)COc1ccc2ccccc2c1CC=C(C)C. The van der Waals surface area contributed by atoms with Crippen molar-refractivity contribution in [1.29, 1.82) is 0 Å². The molecule has 0 fully saturated rings. The van der Waals surface area contributed by atoms with E-state index in [1.807, 2.05) is 24.3 Å². The van der Waals surface area contributed by atoms with E-state index in [1.54, 1.807) is 6.92 Å². The van der Waals surface area contributed by atoms with Crippen LogP contribution in [0.25, 0.3) is 10.8 Å². The zero-order valence-electron chi connectivity index (χ0n) is 13.4. The molecule has 0 aliphatic carbocycles. The zero-order chi connectivity index (χ0) is 15.9. The van der Waals surface area contributed by atoms with Crippen molar-refractivity contribution in [2.24, 2.45) is 0 Å². The van der Waals surface area contributed by atoms with Crippen molar-refractivity contribution in [1.82, 2.24) is 0 Å². The molecule has 116 valence electrons. The molecule has 0 heterocycles. The topological polar surface area (TPSA) is 35.5 Å². The summed E-state index contributed by atoms with van der Waals surface area (Å²) in [6.07, 6.45) is 2.95. The molecule has 0 saturated carbocycles. The molecule has 0 aromatic heterocycles. The van der Waals surface area contributed by atoms with E-state index in [1.165, 1.54) is 11.0 Å². The Kier molecular flexibility index (Phi) is 5.59. The molecule has 0 saturated heterocycles. The maximum absolute atomic E-state index is 11.5. The van der Waals surface area contributed by atoms with Crippen LogP contribution in [0.4, 0.5) is 0 Å². The summed E-state index contributed by atoms with van der Waals surface area (Å²) in [6, 6.07) is 12.1. The fourth-order valence-corrected chi connectivity index (χ4v) is 2.31. The van der Waals surface area contributed by atoms with Crippen LogP contribution in [0, 0.1) is 0 Å². The summed E-state index contributed by atoms with van der Waals surface area (Å²) in [5, 5.41) is 2.32. The van der Waals surface area contributed by atoms with Crippen LogP contribution in [-0.4, -0.2) is 19.2 Å². The van der Waals surface area contributed by atoms with E-state index in [0.29, 0.717) is 6.61 Å². The van der Waals surface area contributed by atoms with Crippen LogP contribution in [0.5, 0.6) is 5.75 Å². The number of carbonyl (C=O) groups is 1. The summed E-state index contributed by atoms with van der Waals surface area (Å²) in [6.45, 7) is 6.24. The van der Waals surface area contributed by atoms with Gasteiger partial charge in [0.2, 0.25) is 0 Å². The first-order valence-electron chi connectivity index (χ1n) is 7.54. The van der Waals surface area contributed by atoms with Crippen LogP contribution in [0.15, 0.2) is 48.0 Å². The standard InChI is InChI=1S/C19H22O3/c1-4-21-19(20)13-22-18-12-10-15-7-5-6-8-16(15)17(18)11-9-14(2)3/h5-10,12H,4,11,13H2,1-3H3. The van der Waals surface area contributed by atoms with Crippen molar-refractivity contribution in [2.75, 3.05) is 13.2 Å². The first-order valence-corrected chi connectivity index (χ1v) is 7.54. The number of esters is 1. The number of hydrogen-bond donors (Lipinski definition) is 0. The Labute approximate surface area is 131 Å². The lowest BCUT2D eigenvalue weighted by Crippen LogP contribution is -2.15. The normalized spacial score (nSPS) is 10.3. The molecular formula is C19H22O3. The predicted octanol–water partition coefficient (Wildman–Crippen LogP) is 4.29. The number of allylic oxidation sites excluding steroid dienone is 2. The highest BCUT2D eigenvalue weighted by molar-refractivity contribution is 5.88. The second-order valence-corrected chi connectivity index (χ2v) is 5.34. The summed E-state index contributed by atoms with van der Waals surface area (Å²) < 4.78 is 10.6. The Bertz CT molecular complexity index is 682. The highest BCUT2D eigenvalue weighted by Crippen LogP contribution is 2.29. The van der Waals surface area contributed by atoms with E-state index in [2.05, 4.69) is 32.1 Å². The smallest absolute Gasteiger partial charge is 0.344 e. The van der Waals surface area contributed by atoms with Gasteiger partial charge in [0.1, 0.15) is 5.75 Å². The number of rotatable bonds is 6. The van der Waals surface area contributed by atoms with Gasteiger partial charge in [0.25, 0.3) is 0 Å². The van der Waals surface area contributed by atoms with Gasteiger partial charge in [0.15, 0.2) is 6.61 Å². The van der Waals surface area contributed by atoms with E-state index in [9.17, 15) is 4.79 Å². The maximum Gasteiger partial charge on any atom is 0.344 e. The van der Waals surface area contributed by atoms with Crippen LogP contribution in [0.1, 0.15) is 26.3 Å². The number of hydrogen-bond acceptors (Lipinski definition) is 3. The molecule has 3 heteroatoms. The number of carbonyl (C=O) groups excluding carboxylic acids is 1. The van der Waals surface area contributed by atoms with E-state index < -0.39 is 0 Å². The van der Waals surface area contributed by atoms with Gasteiger partial charge in [-0.25, -0.2) is 4.79 Å². The van der Waals surface area contributed by atoms with Gasteiger partial charge in [-0.1, -0.05) is 42.0 Å². The third-order valence-corrected chi connectivity index (χ3v) is 3.36. The summed E-state index contributed by atoms with van der Waals surface area (Å²) in [7, 11) is 0. The van der Waals surface area contributed by atoms with E-state index in [4.69, 9.17) is 9.47 Å². The minimum absolute atomic E-state index is 0.0615. The lowest BCUT2D eigenvalue weighted by Gasteiger charge is -2.13. The van der Waals surface area contributed by atoms with Crippen LogP contribution in [-0.2, 0) is 16.0 Å². The van der Waals surface area contributed by atoms with Crippen LogP contribution in [0.3, 0.4) is 0 Å². The summed E-state index contributed by atoms with van der Waals surface area (Å²) in [4.78, 5) is 11.5. The minimum atomic E-state index is -0.344. The Balaban J connectivity index is 2.33. The van der Waals surface area contributed by atoms with E-state index in [-0.39, 0.29) is 12.6 Å². The van der Waals surface area contributed by atoms with Gasteiger partial charge in [-0.05, 0) is 44.0 Å². The Morgan fingerprint density at radius 1 is 1.14 bits per heavy atom. The Morgan fingerprint density at radius 2 is 1.91 bits per heavy atom. The van der Waals surface area contributed by atoms with Crippen LogP contribution < -0.4 is 4.74 Å². The largest absolute Gasteiger partial charge is 0.482 e. The van der Waals surface area contributed by atoms with Crippen molar-refractivity contribution in [3.63, 3.8) is 0 Å². The number of ether oxygens (including phenoxy) is 2. The van der Waals surface area contributed by atoms with E-state index >= 15 is 0 Å². The second-order valence-electron chi connectivity index (χ2n) is 5.34. The molecule has 0 N–H and O–H groups in total. The first-order chi connectivity index (χ1) is 10.6. The van der Waals surface area contributed by atoms with Gasteiger partial charge in [-0.2, -0.15) is 0 Å². The third kappa shape index (κ3) is 4.10. The highest BCUT2D eigenvalue weighted by atomic mass is 16.6. The van der Waals surface area contributed by atoms with Gasteiger partial charge in [-0.3, -0.25) is 0 Å². The average molecular weight is 298 g/mol. The number of benzene rings is 2. The molecule has 3 nitrogen and oxygen atoms in total. The van der Waals surface area contributed by atoms with Crippen molar-refractivity contribution < 1.29 is 14.3 Å². The fourth-order valence-electron chi connectivity index (χ4n) is 2.31. The molecular weight excluding hydrogens is 276 g/mol. The van der Waals surface area contributed by atoms with Crippen LogP contribution >= 0.6 is 0 Å². The summed E-state index contributed by atoms with van der Waals surface area (Å²) in [5.74, 6) is 0.396. The molecule has 0 aliphatic heterocycles. The van der Waals surface area contributed by atoms with Crippen LogP contribution in [0.2, 0.25) is 0 Å². The monoisotopic (exact) mass is 298 g/mol. The lowest BCUT2D eigenvalue weighted by atomic mass is 10.00. The molecule has 2 aromatic carbocycles. The summed E-state index contributed by atoms with van der Waals surface area (Å²) in [5.41, 5.74) is 2.35. The minimum Gasteiger partial charge on any atom is -0.482 e. The lowest BCUT2D eigenvalue weighted by molar-refractivity contribution is -0.145. The molecule has 2 rings (SSSR count). The Morgan fingerprint density at radius 3 is 2.64 bits per heavy atom. The van der Waals surface area contributed by atoms with Crippen molar-refractivity contribution in [3.05, 3.63) is 53.6 Å². The number of fused-ring (bicyclic) bond motifs is 1. The fraction of sp³-hybridized carbons (Fsp3) is 0.316. The summed E-state index contributed by atoms with van der Waals surface area (Å²) >= 11 is 0. The zero-order valence-corrected chi connectivity index (χ0v) is 13.4. The average Bonchev–Trinajstić information content (AvgIpc) is 2.51. The molecule has 22 heavy (non-hydrogen) atoms. The molecule has 0 unspecified atom stereocenters. The van der Waals surface area contributed by atoms with Crippen molar-refractivity contribution >= 4 is 16.7 Å². The molecule has 0 bridgehead atoms.